The number of ether oxygens (including phenoxy) is 3. The van der Waals surface area contributed by atoms with E-state index in [0.29, 0.717) is 17.3 Å². The monoisotopic (exact) mass is 469 g/mol. The van der Waals surface area contributed by atoms with Gasteiger partial charge in [0.2, 0.25) is 0 Å². The highest BCUT2D eigenvalue weighted by Gasteiger charge is 2.19. The lowest BCUT2D eigenvalue weighted by molar-refractivity contribution is 0.0463. The third-order valence-corrected chi connectivity index (χ3v) is 5.24. The van der Waals surface area contributed by atoms with Crippen molar-refractivity contribution in [3.05, 3.63) is 88.1 Å². The molecule has 2 aromatic carbocycles. The number of nitrogens with zero attached hydrogens (tertiary/aromatic N) is 3. The minimum Gasteiger partial charge on any atom is -0.494 e. The first-order chi connectivity index (χ1) is 16.0. The number of aromatic nitrogens is 3. The molecule has 0 unspecified atom stereocenters. The predicted octanol–water partition coefficient (Wildman–Crippen LogP) is 4.78. The summed E-state index contributed by atoms with van der Waals surface area (Å²) < 4.78 is 31.4. The van der Waals surface area contributed by atoms with Crippen LogP contribution < -0.4 is 4.74 Å². The van der Waals surface area contributed by atoms with Gasteiger partial charge in [0.1, 0.15) is 17.9 Å². The molecule has 4 rings (SSSR count). The summed E-state index contributed by atoms with van der Waals surface area (Å²) in [5.74, 6) is -1.10. The largest absolute Gasteiger partial charge is 0.494 e. The van der Waals surface area contributed by atoms with Crippen LogP contribution in [0, 0.1) is 5.82 Å². The van der Waals surface area contributed by atoms with Crippen LogP contribution in [0.5, 0.6) is 5.75 Å². The molecule has 0 atom stereocenters. The average Bonchev–Trinajstić information content (AvgIpc) is 3.20. The van der Waals surface area contributed by atoms with Crippen LogP contribution in [-0.2, 0) is 29.2 Å². The van der Waals surface area contributed by atoms with E-state index in [0.717, 1.165) is 16.5 Å². The van der Waals surface area contributed by atoms with Gasteiger partial charge >= 0.3 is 5.97 Å². The molecular weight excluding hydrogens is 449 g/mol. The van der Waals surface area contributed by atoms with Gasteiger partial charge in [0.15, 0.2) is 11.6 Å². The molecule has 0 saturated carbocycles. The zero-order valence-electron chi connectivity index (χ0n) is 18.0. The van der Waals surface area contributed by atoms with Gasteiger partial charge in [0, 0.05) is 35.5 Å². The van der Waals surface area contributed by atoms with Gasteiger partial charge in [-0.1, -0.05) is 29.8 Å². The van der Waals surface area contributed by atoms with Crippen molar-refractivity contribution in [2.45, 2.75) is 19.8 Å². The first-order valence-electron chi connectivity index (χ1n) is 10.1. The van der Waals surface area contributed by atoms with Crippen LogP contribution in [0.2, 0.25) is 5.02 Å². The van der Waals surface area contributed by atoms with E-state index in [1.807, 2.05) is 12.1 Å². The highest BCUT2D eigenvalue weighted by Crippen LogP contribution is 2.22. The zero-order chi connectivity index (χ0) is 23.4. The van der Waals surface area contributed by atoms with Crippen molar-refractivity contribution in [1.82, 2.24) is 14.8 Å². The van der Waals surface area contributed by atoms with E-state index in [2.05, 4.69) is 10.1 Å². The lowest BCUT2D eigenvalue weighted by atomic mass is 10.1. The second-order valence-electron chi connectivity index (χ2n) is 7.31. The second-order valence-corrected chi connectivity index (χ2v) is 7.75. The molecule has 2 heterocycles. The number of pyridine rings is 1. The maximum atomic E-state index is 14.3. The van der Waals surface area contributed by atoms with Gasteiger partial charge in [-0.05, 0) is 29.8 Å². The molecule has 0 N–H and O–H groups in total. The zero-order valence-corrected chi connectivity index (χ0v) is 18.8. The van der Waals surface area contributed by atoms with Crippen LogP contribution in [0.3, 0.4) is 0 Å². The maximum absolute atomic E-state index is 14.3. The summed E-state index contributed by atoms with van der Waals surface area (Å²) in [5.41, 5.74) is 2.58. The van der Waals surface area contributed by atoms with E-state index in [9.17, 15) is 9.18 Å². The van der Waals surface area contributed by atoms with Gasteiger partial charge in [-0.2, -0.15) is 5.10 Å². The van der Waals surface area contributed by atoms with E-state index in [4.69, 9.17) is 25.8 Å². The fourth-order valence-corrected chi connectivity index (χ4v) is 3.58. The third kappa shape index (κ3) is 5.13. The lowest BCUT2D eigenvalue weighted by Crippen LogP contribution is -2.08. The minimum absolute atomic E-state index is 0.0858. The molecular formula is C24H21ClFN3O4. The number of benzene rings is 2. The number of esters is 1. The van der Waals surface area contributed by atoms with Gasteiger partial charge in [0.05, 0.1) is 25.8 Å². The first-order valence-corrected chi connectivity index (χ1v) is 10.4. The second kappa shape index (κ2) is 9.97. The number of rotatable bonds is 8. The van der Waals surface area contributed by atoms with Crippen molar-refractivity contribution in [1.29, 1.82) is 0 Å². The maximum Gasteiger partial charge on any atom is 0.342 e. The predicted molar refractivity (Wildman–Crippen MR) is 121 cm³/mol. The average molecular weight is 470 g/mol. The van der Waals surface area contributed by atoms with Crippen LogP contribution in [0.25, 0.3) is 10.9 Å². The first kappa shape index (κ1) is 22.7. The Morgan fingerprint density at radius 1 is 1.15 bits per heavy atom. The highest BCUT2D eigenvalue weighted by atomic mass is 35.5. The Bertz CT molecular complexity index is 1310. The molecule has 0 fully saturated rings. The number of carbonyl (C=O) groups is 1. The minimum atomic E-state index is -0.623. The van der Waals surface area contributed by atoms with Crippen LogP contribution in [0.15, 0.2) is 54.9 Å². The summed E-state index contributed by atoms with van der Waals surface area (Å²) in [6, 6.07) is 12.1. The Hall–Kier alpha value is -3.49. The van der Waals surface area contributed by atoms with Gasteiger partial charge in [-0.3, -0.25) is 9.67 Å². The normalized spacial score (nSPS) is 11.0. The SMILES string of the molecule is COCc1nn(Cc2cnc3cc(Cl)ccc3c2)cc1C(=O)OCc1cccc(OC)c1F. The molecule has 33 heavy (non-hydrogen) atoms. The highest BCUT2D eigenvalue weighted by molar-refractivity contribution is 6.31. The van der Waals surface area contributed by atoms with Crippen LogP contribution in [0.4, 0.5) is 4.39 Å². The van der Waals surface area contributed by atoms with Crippen molar-refractivity contribution in [3.8, 4) is 5.75 Å². The Kier molecular flexibility index (Phi) is 6.86. The fourth-order valence-electron chi connectivity index (χ4n) is 3.42. The lowest BCUT2D eigenvalue weighted by Gasteiger charge is -2.08. The van der Waals surface area contributed by atoms with Crippen molar-refractivity contribution in [2.75, 3.05) is 14.2 Å². The Morgan fingerprint density at radius 2 is 2.00 bits per heavy atom. The van der Waals surface area contributed by atoms with E-state index < -0.39 is 11.8 Å². The van der Waals surface area contributed by atoms with Gasteiger partial charge in [-0.15, -0.1) is 0 Å². The molecule has 0 saturated heterocycles. The molecule has 2 aromatic heterocycles. The third-order valence-electron chi connectivity index (χ3n) is 5.01. The smallest absolute Gasteiger partial charge is 0.342 e. The molecule has 0 aliphatic carbocycles. The molecule has 0 bridgehead atoms. The number of carbonyl (C=O) groups excluding carboxylic acids is 1. The van der Waals surface area contributed by atoms with Crippen LogP contribution in [-0.4, -0.2) is 35.0 Å². The summed E-state index contributed by atoms with van der Waals surface area (Å²) in [4.78, 5) is 17.2. The molecule has 170 valence electrons. The molecule has 0 aliphatic rings. The van der Waals surface area contributed by atoms with Crippen molar-refractivity contribution >= 4 is 28.5 Å². The molecule has 0 spiro atoms. The summed E-state index contributed by atoms with van der Waals surface area (Å²) in [6.07, 6.45) is 3.32. The molecule has 0 aliphatic heterocycles. The number of methoxy groups -OCH3 is 2. The molecule has 4 aromatic rings. The molecule has 0 amide bonds. The Balaban J connectivity index is 1.52. The standard InChI is InChI=1S/C24H21ClFN3O4/c1-31-14-21-19(24(30)33-13-17-4-3-5-22(32-2)23(17)26)12-29(28-21)11-15-8-16-6-7-18(25)9-20(16)27-10-15/h3-10,12H,11,13-14H2,1-2H3. The van der Waals surface area contributed by atoms with Crippen molar-refractivity contribution < 1.29 is 23.4 Å². The summed E-state index contributed by atoms with van der Waals surface area (Å²) in [5, 5.41) is 6.03. The van der Waals surface area contributed by atoms with Crippen molar-refractivity contribution in [3.63, 3.8) is 0 Å². The number of hydrogen-bond acceptors (Lipinski definition) is 6. The van der Waals surface area contributed by atoms with E-state index in [1.54, 1.807) is 35.3 Å². The summed E-state index contributed by atoms with van der Waals surface area (Å²) >= 11 is 6.02. The quantitative estimate of drug-likeness (QED) is 0.345. The number of halogens is 2. The van der Waals surface area contributed by atoms with Gasteiger partial charge in [0.25, 0.3) is 0 Å². The van der Waals surface area contributed by atoms with E-state index in [-0.39, 0.29) is 30.1 Å². The number of fused-ring (bicyclic) bond motifs is 1. The Morgan fingerprint density at radius 3 is 2.79 bits per heavy atom. The van der Waals surface area contributed by atoms with E-state index >= 15 is 0 Å². The molecule has 9 heteroatoms. The van der Waals surface area contributed by atoms with Gasteiger partial charge < -0.3 is 14.2 Å². The molecule has 0 radical (unpaired) electrons. The topological polar surface area (TPSA) is 75.5 Å². The number of hydrogen-bond donors (Lipinski definition) is 0. The van der Waals surface area contributed by atoms with E-state index in [1.165, 1.54) is 26.4 Å². The van der Waals surface area contributed by atoms with Gasteiger partial charge in [-0.25, -0.2) is 9.18 Å². The summed E-state index contributed by atoms with van der Waals surface area (Å²) in [7, 11) is 2.89. The summed E-state index contributed by atoms with van der Waals surface area (Å²) in [6.45, 7) is 0.274. The Labute approximate surface area is 194 Å². The van der Waals surface area contributed by atoms with Crippen LogP contribution >= 0.6 is 11.6 Å². The van der Waals surface area contributed by atoms with Crippen molar-refractivity contribution in [2.24, 2.45) is 0 Å². The molecule has 7 nitrogen and oxygen atoms in total. The van der Waals surface area contributed by atoms with Crippen LogP contribution in [0.1, 0.15) is 27.2 Å². The fraction of sp³-hybridized carbons (Fsp3) is 0.208.